The van der Waals surface area contributed by atoms with E-state index in [0.717, 1.165) is 18.7 Å². The first-order chi connectivity index (χ1) is 11.4. The van der Waals surface area contributed by atoms with Crippen molar-refractivity contribution in [2.45, 2.75) is 12.6 Å². The molecule has 0 aliphatic carbocycles. The van der Waals surface area contributed by atoms with Crippen molar-refractivity contribution in [2.24, 2.45) is 0 Å². The first-order valence-electron chi connectivity index (χ1n) is 7.18. The van der Waals surface area contributed by atoms with Crippen LogP contribution in [0.4, 0.5) is 35.0 Å². The summed E-state index contributed by atoms with van der Waals surface area (Å²) in [5.74, 6) is -0.436. The summed E-state index contributed by atoms with van der Waals surface area (Å²) in [6.07, 6.45) is -3.00. The molecule has 1 N–H and O–H groups in total. The quantitative estimate of drug-likeness (QED) is 0.861. The molecule has 1 aliphatic rings. The summed E-state index contributed by atoms with van der Waals surface area (Å²) < 4.78 is 57.8. The highest BCUT2D eigenvalue weighted by Gasteiger charge is 2.37. The number of nitrogens with zero attached hydrogens (tertiary/aromatic N) is 3. The number of halogens is 4. The molecular weight excluding hydrogens is 328 g/mol. The van der Waals surface area contributed by atoms with Gasteiger partial charge >= 0.3 is 6.18 Å². The second kappa shape index (κ2) is 6.14. The molecule has 1 aromatic carbocycles. The van der Waals surface area contributed by atoms with Gasteiger partial charge in [-0.25, -0.2) is 9.37 Å². The maximum atomic E-state index is 13.4. The zero-order valence-electron chi connectivity index (χ0n) is 12.7. The Morgan fingerprint density at radius 2 is 2.00 bits per heavy atom. The Balaban J connectivity index is 1.96. The van der Waals surface area contributed by atoms with Crippen LogP contribution in [0.1, 0.15) is 12.0 Å². The Morgan fingerprint density at radius 1 is 1.25 bits per heavy atom. The molecule has 0 saturated carbocycles. The summed E-state index contributed by atoms with van der Waals surface area (Å²) in [4.78, 5) is 9.19. The molecular formula is C15H14F4N4O. The van der Waals surface area contributed by atoms with E-state index in [-0.39, 0.29) is 17.5 Å². The molecule has 1 aliphatic heterocycles. The molecule has 3 rings (SSSR count). The number of benzene rings is 1. The maximum Gasteiger partial charge on any atom is 0.421 e. The van der Waals surface area contributed by atoms with E-state index in [4.69, 9.17) is 4.74 Å². The Morgan fingerprint density at radius 3 is 2.58 bits per heavy atom. The van der Waals surface area contributed by atoms with E-state index in [9.17, 15) is 17.6 Å². The predicted molar refractivity (Wildman–Crippen MR) is 80.1 cm³/mol. The molecule has 1 fully saturated rings. The van der Waals surface area contributed by atoms with Gasteiger partial charge in [-0.05, 0) is 18.6 Å². The number of ether oxygens (including phenoxy) is 1. The second-order valence-corrected chi connectivity index (χ2v) is 5.24. The van der Waals surface area contributed by atoms with E-state index >= 15 is 0 Å². The van der Waals surface area contributed by atoms with E-state index in [2.05, 4.69) is 15.3 Å². The van der Waals surface area contributed by atoms with E-state index in [0.29, 0.717) is 18.8 Å². The van der Waals surface area contributed by atoms with Gasteiger partial charge < -0.3 is 15.0 Å². The number of anilines is 3. The van der Waals surface area contributed by atoms with Crippen molar-refractivity contribution in [1.29, 1.82) is 0 Å². The van der Waals surface area contributed by atoms with Gasteiger partial charge in [0.15, 0.2) is 0 Å². The van der Waals surface area contributed by atoms with Crippen LogP contribution in [-0.2, 0) is 6.18 Å². The van der Waals surface area contributed by atoms with Crippen molar-refractivity contribution in [3.63, 3.8) is 0 Å². The average Bonchev–Trinajstić information content (AvgIpc) is 2.45. The average molecular weight is 342 g/mol. The van der Waals surface area contributed by atoms with Crippen molar-refractivity contribution in [3.05, 3.63) is 35.8 Å². The summed E-state index contributed by atoms with van der Waals surface area (Å²) >= 11 is 0. The van der Waals surface area contributed by atoms with Gasteiger partial charge in [0, 0.05) is 25.4 Å². The lowest BCUT2D eigenvalue weighted by molar-refractivity contribution is -0.137. The molecule has 0 spiro atoms. The van der Waals surface area contributed by atoms with Crippen LogP contribution in [0, 0.1) is 5.82 Å². The number of rotatable bonds is 4. The molecule has 128 valence electrons. The Labute approximate surface area is 135 Å². The number of nitrogens with one attached hydrogen (secondary N) is 1. The molecule has 2 aromatic rings. The molecule has 24 heavy (non-hydrogen) atoms. The third-order valence-corrected chi connectivity index (χ3v) is 3.64. The fourth-order valence-electron chi connectivity index (χ4n) is 2.30. The Bertz CT molecular complexity index is 747. The van der Waals surface area contributed by atoms with Gasteiger partial charge in [-0.2, -0.15) is 18.2 Å². The molecule has 9 heteroatoms. The Kier molecular flexibility index (Phi) is 4.16. The highest BCUT2D eigenvalue weighted by Crippen LogP contribution is 2.37. The smallest absolute Gasteiger partial charge is 0.421 e. The first kappa shape index (κ1) is 16.3. The third kappa shape index (κ3) is 3.19. The van der Waals surface area contributed by atoms with Gasteiger partial charge in [0.05, 0.1) is 12.8 Å². The molecule has 0 unspecified atom stereocenters. The van der Waals surface area contributed by atoms with Crippen molar-refractivity contribution in [2.75, 3.05) is 30.4 Å². The van der Waals surface area contributed by atoms with Crippen LogP contribution in [0.5, 0.6) is 5.75 Å². The molecule has 5 nitrogen and oxygen atoms in total. The van der Waals surface area contributed by atoms with Crippen molar-refractivity contribution in [3.8, 4) is 5.75 Å². The first-order valence-corrected chi connectivity index (χ1v) is 7.18. The standard InChI is InChI=1S/C15H14F4N4O/c1-24-12-4-3-9(16)7-11(12)21-14-20-8-10(15(17,18)19)13(22-14)23-5-2-6-23/h3-4,7-8H,2,5-6H2,1H3,(H,20,21,22). The van der Waals surface area contributed by atoms with Crippen LogP contribution in [0.25, 0.3) is 0 Å². The highest BCUT2D eigenvalue weighted by molar-refractivity contribution is 5.64. The predicted octanol–water partition coefficient (Wildman–Crippen LogP) is 3.60. The van der Waals surface area contributed by atoms with E-state index in [1.165, 1.54) is 24.1 Å². The highest BCUT2D eigenvalue weighted by atomic mass is 19.4. The SMILES string of the molecule is COc1ccc(F)cc1Nc1ncc(C(F)(F)F)c(N2CCC2)n1. The molecule has 1 saturated heterocycles. The molecule has 0 radical (unpaired) electrons. The minimum atomic E-state index is -4.54. The van der Waals surface area contributed by atoms with Crippen molar-refractivity contribution in [1.82, 2.24) is 9.97 Å². The minimum absolute atomic E-state index is 0.0613. The summed E-state index contributed by atoms with van der Waals surface area (Å²) in [6.45, 7) is 1.01. The van der Waals surface area contributed by atoms with E-state index in [1.54, 1.807) is 0 Å². The van der Waals surface area contributed by atoms with Crippen LogP contribution in [-0.4, -0.2) is 30.2 Å². The molecule has 0 amide bonds. The Hall–Kier alpha value is -2.58. The van der Waals surface area contributed by atoms with Gasteiger partial charge in [-0.15, -0.1) is 0 Å². The number of methoxy groups -OCH3 is 1. The van der Waals surface area contributed by atoms with Gasteiger partial charge in [-0.1, -0.05) is 0 Å². The maximum absolute atomic E-state index is 13.4. The zero-order valence-corrected chi connectivity index (χ0v) is 12.7. The monoisotopic (exact) mass is 342 g/mol. The number of hydrogen-bond donors (Lipinski definition) is 1. The minimum Gasteiger partial charge on any atom is -0.495 e. The van der Waals surface area contributed by atoms with Crippen LogP contribution >= 0.6 is 0 Å². The third-order valence-electron chi connectivity index (χ3n) is 3.64. The molecule has 1 aromatic heterocycles. The van der Waals surface area contributed by atoms with Crippen molar-refractivity contribution < 1.29 is 22.3 Å². The van der Waals surface area contributed by atoms with E-state index < -0.39 is 17.6 Å². The normalized spacial score (nSPS) is 14.3. The fraction of sp³-hybridized carbons (Fsp3) is 0.333. The lowest BCUT2D eigenvalue weighted by Crippen LogP contribution is -2.39. The van der Waals surface area contributed by atoms with Crippen molar-refractivity contribution >= 4 is 17.5 Å². The van der Waals surface area contributed by atoms with Gasteiger partial charge in [0.1, 0.15) is 22.9 Å². The molecule has 0 bridgehead atoms. The topological polar surface area (TPSA) is 50.3 Å². The van der Waals surface area contributed by atoms with Crippen LogP contribution in [0.15, 0.2) is 24.4 Å². The van der Waals surface area contributed by atoms with Crippen LogP contribution in [0.3, 0.4) is 0 Å². The lowest BCUT2D eigenvalue weighted by Gasteiger charge is -2.33. The number of alkyl halides is 3. The fourth-order valence-corrected chi connectivity index (χ4v) is 2.30. The van der Waals surface area contributed by atoms with E-state index in [1.807, 2.05) is 0 Å². The van der Waals surface area contributed by atoms with Crippen LogP contribution < -0.4 is 15.0 Å². The summed E-state index contributed by atoms with van der Waals surface area (Å²) in [5.41, 5.74) is -0.661. The molecule has 2 heterocycles. The van der Waals surface area contributed by atoms with Gasteiger partial charge in [-0.3, -0.25) is 0 Å². The summed E-state index contributed by atoms with van der Waals surface area (Å²) in [6, 6.07) is 3.77. The van der Waals surface area contributed by atoms with Gasteiger partial charge in [0.25, 0.3) is 0 Å². The van der Waals surface area contributed by atoms with Crippen LogP contribution in [0.2, 0.25) is 0 Å². The number of hydrogen-bond acceptors (Lipinski definition) is 5. The number of aromatic nitrogens is 2. The van der Waals surface area contributed by atoms with Gasteiger partial charge in [0.2, 0.25) is 5.95 Å². The summed E-state index contributed by atoms with van der Waals surface area (Å²) in [7, 11) is 1.40. The molecule has 0 atom stereocenters. The summed E-state index contributed by atoms with van der Waals surface area (Å²) in [5, 5.41) is 2.71. The lowest BCUT2D eigenvalue weighted by atomic mass is 10.2. The second-order valence-electron chi connectivity index (χ2n) is 5.24. The largest absolute Gasteiger partial charge is 0.495 e. The zero-order chi connectivity index (χ0) is 17.3.